The van der Waals surface area contributed by atoms with E-state index in [1.54, 1.807) is 10.6 Å². The summed E-state index contributed by atoms with van der Waals surface area (Å²) in [6.45, 7) is 2.40. The SMILES string of the molecule is Cc1nnc2ccc(NCCCC(=O)O)nn12. The van der Waals surface area contributed by atoms with Crippen LogP contribution in [0.2, 0.25) is 0 Å². The number of aryl methyl sites for hydroxylation is 1. The van der Waals surface area contributed by atoms with Crippen molar-refractivity contribution in [1.82, 2.24) is 19.8 Å². The summed E-state index contributed by atoms with van der Waals surface area (Å²) in [5.74, 6) is 0.616. The Labute approximate surface area is 97.5 Å². The van der Waals surface area contributed by atoms with Crippen LogP contribution in [0.3, 0.4) is 0 Å². The zero-order valence-electron chi connectivity index (χ0n) is 9.42. The number of rotatable bonds is 5. The highest BCUT2D eigenvalue weighted by atomic mass is 16.4. The van der Waals surface area contributed by atoms with Crippen molar-refractivity contribution >= 4 is 17.4 Å². The number of hydrogen-bond acceptors (Lipinski definition) is 5. The Balaban J connectivity index is 1.99. The van der Waals surface area contributed by atoms with Gasteiger partial charge < -0.3 is 10.4 Å². The molecule has 0 unspecified atom stereocenters. The second-order valence-corrected chi connectivity index (χ2v) is 3.66. The predicted molar refractivity (Wildman–Crippen MR) is 60.9 cm³/mol. The fourth-order valence-electron chi connectivity index (χ4n) is 1.45. The molecule has 2 heterocycles. The first-order valence-corrected chi connectivity index (χ1v) is 5.31. The van der Waals surface area contributed by atoms with Crippen LogP contribution in [0.4, 0.5) is 5.82 Å². The molecule has 0 bridgehead atoms. The summed E-state index contributed by atoms with van der Waals surface area (Å²) in [4.78, 5) is 10.3. The normalized spacial score (nSPS) is 10.6. The fourth-order valence-corrected chi connectivity index (χ4v) is 1.45. The number of fused-ring (bicyclic) bond motifs is 1. The van der Waals surface area contributed by atoms with Crippen molar-refractivity contribution < 1.29 is 9.90 Å². The minimum Gasteiger partial charge on any atom is -0.481 e. The van der Waals surface area contributed by atoms with Crippen LogP contribution in [-0.4, -0.2) is 37.4 Å². The number of anilines is 1. The molecular weight excluding hydrogens is 222 g/mol. The lowest BCUT2D eigenvalue weighted by atomic mass is 10.3. The smallest absolute Gasteiger partial charge is 0.303 e. The van der Waals surface area contributed by atoms with Gasteiger partial charge in [0.05, 0.1) is 0 Å². The predicted octanol–water partition coefficient (Wildman–Crippen LogP) is 0.709. The van der Waals surface area contributed by atoms with E-state index in [2.05, 4.69) is 20.6 Å². The molecule has 0 radical (unpaired) electrons. The average molecular weight is 235 g/mol. The Bertz CT molecular complexity index is 536. The van der Waals surface area contributed by atoms with E-state index in [-0.39, 0.29) is 6.42 Å². The molecule has 2 aromatic rings. The molecule has 17 heavy (non-hydrogen) atoms. The molecule has 2 aromatic heterocycles. The van der Waals surface area contributed by atoms with Crippen molar-refractivity contribution in [1.29, 1.82) is 0 Å². The summed E-state index contributed by atoms with van der Waals surface area (Å²) in [7, 11) is 0. The molecule has 0 spiro atoms. The number of hydrogen-bond donors (Lipinski definition) is 2. The lowest BCUT2D eigenvalue weighted by molar-refractivity contribution is -0.137. The summed E-state index contributed by atoms with van der Waals surface area (Å²) in [6.07, 6.45) is 0.719. The number of carbonyl (C=O) groups is 1. The Hall–Kier alpha value is -2.18. The number of carboxylic acids is 1. The van der Waals surface area contributed by atoms with E-state index in [9.17, 15) is 4.79 Å². The van der Waals surface area contributed by atoms with Gasteiger partial charge in [-0.25, -0.2) is 0 Å². The summed E-state index contributed by atoms with van der Waals surface area (Å²) >= 11 is 0. The number of carboxylic acid groups (broad SMARTS) is 1. The van der Waals surface area contributed by atoms with Crippen LogP contribution in [0, 0.1) is 6.92 Å². The summed E-state index contributed by atoms with van der Waals surface area (Å²) in [6, 6.07) is 3.61. The van der Waals surface area contributed by atoms with Crippen molar-refractivity contribution in [3.63, 3.8) is 0 Å². The molecule has 7 heteroatoms. The first-order valence-electron chi connectivity index (χ1n) is 5.31. The van der Waals surface area contributed by atoms with Gasteiger partial charge in [-0.3, -0.25) is 4.79 Å². The minimum absolute atomic E-state index is 0.154. The molecule has 0 fully saturated rings. The highest BCUT2D eigenvalue weighted by molar-refractivity contribution is 5.66. The standard InChI is InChI=1S/C10H13N5O2/c1-7-12-13-9-5-4-8(14-15(7)9)11-6-2-3-10(16)17/h4-5H,2-3,6H2,1H3,(H,11,14)(H,16,17). The third kappa shape index (κ3) is 2.68. The van der Waals surface area contributed by atoms with Crippen molar-refractivity contribution in [2.24, 2.45) is 0 Å². The molecule has 2 rings (SSSR count). The van der Waals surface area contributed by atoms with E-state index in [0.29, 0.717) is 30.3 Å². The zero-order valence-corrected chi connectivity index (χ0v) is 9.42. The van der Waals surface area contributed by atoms with E-state index in [0.717, 1.165) is 0 Å². The molecule has 0 amide bonds. The molecule has 0 aromatic carbocycles. The van der Waals surface area contributed by atoms with Gasteiger partial charge in [0.2, 0.25) is 0 Å². The number of aliphatic carboxylic acids is 1. The van der Waals surface area contributed by atoms with Gasteiger partial charge >= 0.3 is 5.97 Å². The van der Waals surface area contributed by atoms with Crippen molar-refractivity contribution in [2.75, 3.05) is 11.9 Å². The molecule has 90 valence electrons. The van der Waals surface area contributed by atoms with E-state index >= 15 is 0 Å². The Morgan fingerprint density at radius 1 is 1.47 bits per heavy atom. The highest BCUT2D eigenvalue weighted by Gasteiger charge is 2.03. The fraction of sp³-hybridized carbons (Fsp3) is 0.400. The third-order valence-corrected chi connectivity index (χ3v) is 2.29. The molecule has 0 atom stereocenters. The molecule has 2 N–H and O–H groups in total. The first-order chi connectivity index (χ1) is 8.16. The number of aromatic nitrogens is 4. The van der Waals surface area contributed by atoms with Crippen LogP contribution in [-0.2, 0) is 4.79 Å². The Morgan fingerprint density at radius 2 is 2.29 bits per heavy atom. The van der Waals surface area contributed by atoms with Gasteiger partial charge in [-0.15, -0.1) is 15.3 Å². The van der Waals surface area contributed by atoms with E-state index in [1.807, 2.05) is 13.0 Å². The van der Waals surface area contributed by atoms with Crippen LogP contribution in [0.15, 0.2) is 12.1 Å². The van der Waals surface area contributed by atoms with Crippen LogP contribution in [0.25, 0.3) is 5.65 Å². The van der Waals surface area contributed by atoms with Crippen LogP contribution in [0.1, 0.15) is 18.7 Å². The Kier molecular flexibility index (Phi) is 3.17. The zero-order chi connectivity index (χ0) is 12.3. The summed E-state index contributed by atoms with van der Waals surface area (Å²) < 4.78 is 1.64. The summed E-state index contributed by atoms with van der Waals surface area (Å²) in [5, 5.41) is 23.7. The lowest BCUT2D eigenvalue weighted by Gasteiger charge is -2.04. The van der Waals surface area contributed by atoms with E-state index < -0.39 is 5.97 Å². The highest BCUT2D eigenvalue weighted by Crippen LogP contribution is 2.06. The first kappa shape index (κ1) is 11.3. The summed E-state index contributed by atoms with van der Waals surface area (Å²) in [5.41, 5.74) is 0.693. The number of nitrogens with zero attached hydrogens (tertiary/aromatic N) is 4. The average Bonchev–Trinajstić information content (AvgIpc) is 2.66. The van der Waals surface area contributed by atoms with Crippen molar-refractivity contribution in [2.45, 2.75) is 19.8 Å². The van der Waals surface area contributed by atoms with Gasteiger partial charge in [-0.05, 0) is 25.5 Å². The van der Waals surface area contributed by atoms with Crippen LogP contribution in [0.5, 0.6) is 0 Å². The topological polar surface area (TPSA) is 92.4 Å². The van der Waals surface area contributed by atoms with E-state index in [1.165, 1.54) is 0 Å². The van der Waals surface area contributed by atoms with Gasteiger partial charge in [0.25, 0.3) is 0 Å². The molecular formula is C10H13N5O2. The van der Waals surface area contributed by atoms with Gasteiger partial charge in [0.1, 0.15) is 5.82 Å². The minimum atomic E-state index is -0.787. The molecule has 0 aliphatic heterocycles. The quantitative estimate of drug-likeness (QED) is 0.741. The van der Waals surface area contributed by atoms with Gasteiger partial charge in [0, 0.05) is 13.0 Å². The second kappa shape index (κ2) is 4.77. The maximum atomic E-state index is 10.3. The largest absolute Gasteiger partial charge is 0.481 e. The third-order valence-electron chi connectivity index (χ3n) is 2.29. The maximum absolute atomic E-state index is 10.3. The van der Waals surface area contributed by atoms with Crippen molar-refractivity contribution in [3.05, 3.63) is 18.0 Å². The Morgan fingerprint density at radius 3 is 3.06 bits per heavy atom. The van der Waals surface area contributed by atoms with Crippen LogP contribution >= 0.6 is 0 Å². The number of nitrogens with one attached hydrogen (secondary N) is 1. The second-order valence-electron chi connectivity index (χ2n) is 3.66. The van der Waals surface area contributed by atoms with Gasteiger partial charge in [-0.1, -0.05) is 0 Å². The molecule has 0 aliphatic carbocycles. The molecule has 7 nitrogen and oxygen atoms in total. The molecule has 0 aliphatic rings. The van der Waals surface area contributed by atoms with Gasteiger partial charge in [0.15, 0.2) is 11.5 Å². The van der Waals surface area contributed by atoms with Gasteiger partial charge in [-0.2, -0.15) is 4.52 Å². The molecule has 0 saturated heterocycles. The van der Waals surface area contributed by atoms with Crippen LogP contribution < -0.4 is 5.32 Å². The van der Waals surface area contributed by atoms with E-state index in [4.69, 9.17) is 5.11 Å². The molecule has 0 saturated carbocycles. The maximum Gasteiger partial charge on any atom is 0.303 e. The lowest BCUT2D eigenvalue weighted by Crippen LogP contribution is -2.08. The monoisotopic (exact) mass is 235 g/mol. The van der Waals surface area contributed by atoms with Crippen molar-refractivity contribution in [3.8, 4) is 0 Å².